The van der Waals surface area contributed by atoms with E-state index in [9.17, 15) is 22.8 Å². The lowest BCUT2D eigenvalue weighted by Crippen LogP contribution is -2.55. The van der Waals surface area contributed by atoms with Gasteiger partial charge in [0.2, 0.25) is 0 Å². The number of sulfonamides is 1. The van der Waals surface area contributed by atoms with E-state index in [-0.39, 0.29) is 22.8 Å². The highest BCUT2D eigenvalue weighted by atomic mass is 32.2. The molecule has 1 fully saturated rings. The quantitative estimate of drug-likeness (QED) is 0.456. The summed E-state index contributed by atoms with van der Waals surface area (Å²) in [5, 5.41) is 9.38. The number of ether oxygens (including phenoxy) is 2. The van der Waals surface area contributed by atoms with E-state index in [2.05, 4.69) is 15.5 Å². The maximum absolute atomic E-state index is 13.8. The van der Waals surface area contributed by atoms with Crippen molar-refractivity contribution < 1.29 is 32.3 Å². The normalized spacial score (nSPS) is 16.3. The Kier molecular flexibility index (Phi) is 8.92. The summed E-state index contributed by atoms with van der Waals surface area (Å²) in [6.45, 7) is 5.36. The number of nitrogens with zero attached hydrogens (tertiary/aromatic N) is 3. The van der Waals surface area contributed by atoms with Crippen molar-refractivity contribution >= 4 is 28.0 Å². The Morgan fingerprint density at radius 1 is 1.16 bits per heavy atom. The Balaban J connectivity index is 2.02. The maximum Gasteiger partial charge on any atom is 0.414 e. The van der Waals surface area contributed by atoms with Gasteiger partial charge in [0.15, 0.2) is 0 Å². The maximum atomic E-state index is 13.8. The summed E-state index contributed by atoms with van der Waals surface area (Å²) in [5.41, 5.74) is 0.770. The summed E-state index contributed by atoms with van der Waals surface area (Å²) in [7, 11) is -1.38. The molecule has 2 N–H and O–H groups in total. The number of hydrogen-bond acceptors (Lipinski definition) is 9. The summed E-state index contributed by atoms with van der Waals surface area (Å²) in [4.78, 5) is 39.8. The van der Waals surface area contributed by atoms with Crippen molar-refractivity contribution in [3.63, 3.8) is 0 Å². The van der Waals surface area contributed by atoms with Gasteiger partial charge in [-0.1, -0.05) is 12.1 Å². The number of hydrogen-bond donors (Lipinski definition) is 2. The molecule has 2 atom stereocenters. The Labute approximate surface area is 216 Å². The van der Waals surface area contributed by atoms with Crippen LogP contribution in [-0.4, -0.2) is 84.6 Å². The second kappa shape index (κ2) is 11.7. The zero-order valence-electron chi connectivity index (χ0n) is 21.6. The summed E-state index contributed by atoms with van der Waals surface area (Å²) in [6.07, 6.45) is 1.00. The second-order valence-electron chi connectivity index (χ2n) is 9.26. The number of aromatic nitrogens is 2. The fraction of sp³-hybridized carbons (Fsp3) is 0.500. The second-order valence-corrected chi connectivity index (χ2v) is 11.0. The van der Waals surface area contributed by atoms with Crippen molar-refractivity contribution in [3.05, 3.63) is 41.7 Å². The molecule has 13 heteroatoms. The van der Waals surface area contributed by atoms with Gasteiger partial charge >= 0.3 is 12.1 Å². The topological polar surface area (TPSA) is 151 Å². The molecule has 0 unspecified atom stereocenters. The van der Waals surface area contributed by atoms with Crippen molar-refractivity contribution in [2.75, 3.05) is 20.6 Å². The highest BCUT2D eigenvalue weighted by molar-refractivity contribution is 7.89. The third-order valence-corrected chi connectivity index (χ3v) is 7.65. The Morgan fingerprint density at radius 2 is 1.84 bits per heavy atom. The molecule has 1 saturated heterocycles. The van der Waals surface area contributed by atoms with E-state index in [1.807, 2.05) is 0 Å². The fourth-order valence-corrected chi connectivity index (χ4v) is 5.57. The summed E-state index contributed by atoms with van der Waals surface area (Å²) in [5.74, 6) is -1.32. The molecule has 2 aromatic rings. The highest BCUT2D eigenvalue weighted by Crippen LogP contribution is 2.26. The van der Waals surface area contributed by atoms with E-state index in [1.165, 1.54) is 24.0 Å². The average molecular weight is 536 g/mol. The molecular formula is C24H33N5O7S. The van der Waals surface area contributed by atoms with E-state index in [1.54, 1.807) is 40.1 Å². The van der Waals surface area contributed by atoms with Gasteiger partial charge in [-0.05, 0) is 57.9 Å². The van der Waals surface area contributed by atoms with Gasteiger partial charge in [-0.2, -0.15) is 5.10 Å². The fourth-order valence-electron chi connectivity index (χ4n) is 3.88. The van der Waals surface area contributed by atoms with Gasteiger partial charge in [-0.15, -0.1) is 0 Å². The van der Waals surface area contributed by atoms with Crippen LogP contribution >= 0.6 is 0 Å². The Morgan fingerprint density at radius 3 is 2.35 bits per heavy atom. The first-order valence-corrected chi connectivity index (χ1v) is 13.4. The predicted octanol–water partition coefficient (Wildman–Crippen LogP) is 1.61. The predicted molar refractivity (Wildman–Crippen MR) is 133 cm³/mol. The van der Waals surface area contributed by atoms with Gasteiger partial charge in [-0.3, -0.25) is 9.89 Å². The van der Waals surface area contributed by atoms with Gasteiger partial charge < -0.3 is 19.7 Å². The molecule has 0 radical (unpaired) electrons. The molecule has 1 aliphatic heterocycles. The van der Waals surface area contributed by atoms with Gasteiger partial charge in [0.05, 0.1) is 24.0 Å². The smallest absolute Gasteiger partial charge is 0.414 e. The molecule has 0 aliphatic carbocycles. The van der Waals surface area contributed by atoms with Crippen LogP contribution in [0.5, 0.6) is 5.75 Å². The largest absolute Gasteiger partial charge is 0.461 e. The molecule has 1 aliphatic rings. The van der Waals surface area contributed by atoms with Crippen LogP contribution in [0.2, 0.25) is 0 Å². The minimum atomic E-state index is -4.48. The van der Waals surface area contributed by atoms with Crippen LogP contribution in [-0.2, 0) is 30.8 Å². The van der Waals surface area contributed by atoms with Gasteiger partial charge in [0, 0.05) is 20.5 Å². The van der Waals surface area contributed by atoms with Crippen LogP contribution < -0.4 is 10.1 Å². The first-order valence-electron chi connectivity index (χ1n) is 11.9. The van der Waals surface area contributed by atoms with Crippen LogP contribution in [0.3, 0.4) is 0 Å². The molecule has 0 spiro atoms. The number of carbonyl (C=O) groups is 3. The number of aryl methyl sites for hydroxylation is 1. The highest BCUT2D eigenvalue weighted by Gasteiger charge is 2.44. The number of aromatic amines is 1. The van der Waals surface area contributed by atoms with Crippen LogP contribution in [0.4, 0.5) is 4.79 Å². The number of H-pyrrole nitrogens is 1. The standard InChI is InChI=1S/C24H33N5O7S/c1-15(2)35-23(31)20(13-17-8-10-18(11-9-17)36-24(32)28(4)5)29(22(30)19-7-6-12-25-19)37(33,34)21-14-26-27-16(21)3/h8-11,14-15,19-20,25H,6-7,12-13H2,1-5H3,(H,26,27)/t19-,20-/m0/s1. The third-order valence-electron chi connectivity index (χ3n) is 5.73. The van der Waals surface area contributed by atoms with E-state index in [0.29, 0.717) is 29.3 Å². The lowest BCUT2D eigenvalue weighted by Gasteiger charge is -2.32. The molecule has 2 amide bonds. The van der Waals surface area contributed by atoms with Crippen molar-refractivity contribution in [2.24, 2.45) is 0 Å². The van der Waals surface area contributed by atoms with Crippen molar-refractivity contribution in [2.45, 2.75) is 63.1 Å². The molecular weight excluding hydrogens is 502 g/mol. The first kappa shape index (κ1) is 28.1. The average Bonchev–Trinajstić information content (AvgIpc) is 3.51. The lowest BCUT2D eigenvalue weighted by molar-refractivity contribution is -0.155. The summed E-state index contributed by atoms with van der Waals surface area (Å²) < 4.78 is 38.9. The number of benzene rings is 1. The molecule has 0 bridgehead atoms. The third kappa shape index (κ3) is 6.66. The van der Waals surface area contributed by atoms with Crippen molar-refractivity contribution in [1.29, 1.82) is 0 Å². The molecule has 0 saturated carbocycles. The zero-order chi connectivity index (χ0) is 27.3. The molecule has 3 rings (SSSR count). The number of carbonyl (C=O) groups excluding carboxylic acids is 3. The molecule has 202 valence electrons. The van der Waals surface area contributed by atoms with E-state index in [0.717, 1.165) is 6.20 Å². The monoisotopic (exact) mass is 535 g/mol. The van der Waals surface area contributed by atoms with Crippen LogP contribution in [0, 0.1) is 6.92 Å². The van der Waals surface area contributed by atoms with Crippen LogP contribution in [0.1, 0.15) is 37.9 Å². The van der Waals surface area contributed by atoms with E-state index in [4.69, 9.17) is 9.47 Å². The minimum absolute atomic E-state index is 0.151. The van der Waals surface area contributed by atoms with Crippen molar-refractivity contribution in [3.8, 4) is 5.75 Å². The molecule has 37 heavy (non-hydrogen) atoms. The first-order chi connectivity index (χ1) is 17.4. The Bertz CT molecular complexity index is 1220. The lowest BCUT2D eigenvalue weighted by atomic mass is 10.0. The van der Waals surface area contributed by atoms with Gasteiger partial charge in [-0.25, -0.2) is 22.3 Å². The van der Waals surface area contributed by atoms with Gasteiger partial charge in [0.25, 0.3) is 15.9 Å². The number of rotatable bonds is 9. The molecule has 1 aromatic carbocycles. The van der Waals surface area contributed by atoms with E-state index < -0.39 is 46.2 Å². The number of esters is 1. The molecule has 1 aromatic heterocycles. The SMILES string of the molecule is Cc1[nH]ncc1S(=O)(=O)N(C(=O)[C@@H]1CCCN1)[C@@H](Cc1ccc(OC(=O)N(C)C)cc1)C(=O)OC(C)C. The number of amides is 2. The zero-order valence-corrected chi connectivity index (χ0v) is 22.4. The summed E-state index contributed by atoms with van der Waals surface area (Å²) in [6, 6.07) is 4.01. The minimum Gasteiger partial charge on any atom is -0.461 e. The molecule has 12 nitrogen and oxygen atoms in total. The summed E-state index contributed by atoms with van der Waals surface area (Å²) >= 11 is 0. The van der Waals surface area contributed by atoms with Crippen molar-refractivity contribution in [1.82, 2.24) is 24.7 Å². The van der Waals surface area contributed by atoms with Crippen LogP contribution in [0.15, 0.2) is 35.4 Å². The Hall–Kier alpha value is -3.45. The van der Waals surface area contributed by atoms with Crippen LogP contribution in [0.25, 0.3) is 0 Å². The van der Waals surface area contributed by atoms with Gasteiger partial charge in [0.1, 0.15) is 16.7 Å². The molecule has 2 heterocycles. The van der Waals surface area contributed by atoms with E-state index >= 15 is 0 Å². The number of nitrogens with one attached hydrogen (secondary N) is 2.